The number of amides is 1. The van der Waals surface area contributed by atoms with Crippen LogP contribution in [0.2, 0.25) is 0 Å². The van der Waals surface area contributed by atoms with Crippen molar-refractivity contribution in [3.63, 3.8) is 0 Å². The van der Waals surface area contributed by atoms with E-state index in [0.29, 0.717) is 16.7 Å². The third-order valence-corrected chi connectivity index (χ3v) is 4.04. The molecule has 10 heteroatoms. The van der Waals surface area contributed by atoms with Crippen molar-refractivity contribution < 1.29 is 4.79 Å². The summed E-state index contributed by atoms with van der Waals surface area (Å²) in [4.78, 5) is 12.0. The number of aryl methyl sites for hydroxylation is 2. The van der Waals surface area contributed by atoms with E-state index in [2.05, 4.69) is 31.0 Å². The Morgan fingerprint density at radius 3 is 2.91 bits per heavy atom. The van der Waals surface area contributed by atoms with Gasteiger partial charge < -0.3 is 9.88 Å². The SMILES string of the molecule is Cc1nnnn1-c1cccc(NC(=O)CSc2nncn2C)c1. The Kier molecular flexibility index (Phi) is 4.33. The summed E-state index contributed by atoms with van der Waals surface area (Å²) in [6.07, 6.45) is 1.60. The molecule has 1 N–H and O–H groups in total. The summed E-state index contributed by atoms with van der Waals surface area (Å²) in [7, 11) is 1.83. The molecule has 1 amide bonds. The maximum Gasteiger partial charge on any atom is 0.234 e. The van der Waals surface area contributed by atoms with Crippen molar-refractivity contribution in [1.29, 1.82) is 0 Å². The Balaban J connectivity index is 1.65. The first kappa shape index (κ1) is 15.2. The highest BCUT2D eigenvalue weighted by Gasteiger charge is 2.09. The van der Waals surface area contributed by atoms with Gasteiger partial charge in [-0.1, -0.05) is 17.8 Å². The lowest BCUT2D eigenvalue weighted by Gasteiger charge is -2.07. The van der Waals surface area contributed by atoms with E-state index in [9.17, 15) is 4.79 Å². The molecular formula is C13H14N8OS. The number of thioether (sulfide) groups is 1. The second-order valence-electron chi connectivity index (χ2n) is 4.75. The Labute approximate surface area is 136 Å². The van der Waals surface area contributed by atoms with Gasteiger partial charge in [-0.3, -0.25) is 4.79 Å². The number of aromatic nitrogens is 7. The van der Waals surface area contributed by atoms with Crippen LogP contribution in [0.5, 0.6) is 0 Å². The Morgan fingerprint density at radius 1 is 1.35 bits per heavy atom. The topological polar surface area (TPSA) is 103 Å². The number of hydrogen-bond acceptors (Lipinski definition) is 7. The molecule has 0 bridgehead atoms. The minimum atomic E-state index is -0.122. The Hall–Kier alpha value is -2.75. The average Bonchev–Trinajstić information content (AvgIpc) is 3.14. The quantitative estimate of drug-likeness (QED) is 0.691. The van der Waals surface area contributed by atoms with Crippen LogP contribution in [-0.2, 0) is 11.8 Å². The van der Waals surface area contributed by atoms with E-state index < -0.39 is 0 Å². The maximum atomic E-state index is 12.0. The molecule has 0 saturated carbocycles. The second-order valence-corrected chi connectivity index (χ2v) is 5.69. The van der Waals surface area contributed by atoms with E-state index in [0.717, 1.165) is 5.69 Å². The minimum absolute atomic E-state index is 0.122. The van der Waals surface area contributed by atoms with Crippen molar-refractivity contribution in [1.82, 2.24) is 35.0 Å². The van der Waals surface area contributed by atoms with Crippen LogP contribution in [-0.4, -0.2) is 46.6 Å². The lowest BCUT2D eigenvalue weighted by molar-refractivity contribution is -0.113. The van der Waals surface area contributed by atoms with Crippen LogP contribution in [0.1, 0.15) is 5.82 Å². The lowest BCUT2D eigenvalue weighted by Crippen LogP contribution is -2.14. The zero-order valence-electron chi connectivity index (χ0n) is 12.5. The number of carbonyl (C=O) groups is 1. The van der Waals surface area contributed by atoms with Crippen molar-refractivity contribution >= 4 is 23.4 Å². The third-order valence-electron chi connectivity index (χ3n) is 3.00. The standard InChI is InChI=1S/C13H14N8OS/c1-9-16-18-19-21(9)11-5-3-4-10(6-11)15-12(22)7-23-13-17-14-8-20(13)2/h3-6,8H,7H2,1-2H3,(H,15,22). The maximum absolute atomic E-state index is 12.0. The van der Waals surface area contributed by atoms with E-state index in [1.165, 1.54) is 11.8 Å². The van der Waals surface area contributed by atoms with Crippen molar-refractivity contribution in [2.45, 2.75) is 12.1 Å². The summed E-state index contributed by atoms with van der Waals surface area (Å²) in [5.74, 6) is 0.801. The van der Waals surface area contributed by atoms with Gasteiger partial charge in [-0.2, -0.15) is 4.68 Å². The molecule has 1 aromatic carbocycles. The van der Waals surface area contributed by atoms with Crippen molar-refractivity contribution in [2.75, 3.05) is 11.1 Å². The number of benzene rings is 1. The van der Waals surface area contributed by atoms with Gasteiger partial charge in [-0.15, -0.1) is 15.3 Å². The zero-order valence-corrected chi connectivity index (χ0v) is 13.4. The molecule has 3 aromatic rings. The largest absolute Gasteiger partial charge is 0.325 e. The predicted molar refractivity (Wildman–Crippen MR) is 84.2 cm³/mol. The zero-order chi connectivity index (χ0) is 16.2. The highest BCUT2D eigenvalue weighted by molar-refractivity contribution is 7.99. The average molecular weight is 330 g/mol. The molecule has 0 saturated heterocycles. The molecule has 2 aromatic heterocycles. The van der Waals surface area contributed by atoms with Gasteiger partial charge in [0, 0.05) is 12.7 Å². The van der Waals surface area contributed by atoms with Crippen LogP contribution in [0.3, 0.4) is 0 Å². The lowest BCUT2D eigenvalue weighted by atomic mass is 10.2. The number of nitrogens with one attached hydrogen (secondary N) is 1. The first-order valence-corrected chi connectivity index (χ1v) is 7.74. The van der Waals surface area contributed by atoms with Gasteiger partial charge in [-0.05, 0) is 35.5 Å². The van der Waals surface area contributed by atoms with Gasteiger partial charge in [0.15, 0.2) is 11.0 Å². The smallest absolute Gasteiger partial charge is 0.234 e. The molecule has 2 heterocycles. The van der Waals surface area contributed by atoms with Gasteiger partial charge in [0.2, 0.25) is 5.91 Å². The third kappa shape index (κ3) is 3.54. The fourth-order valence-electron chi connectivity index (χ4n) is 1.92. The van der Waals surface area contributed by atoms with Crippen molar-refractivity contribution in [3.05, 3.63) is 36.4 Å². The summed E-state index contributed by atoms with van der Waals surface area (Å²) in [6.45, 7) is 1.81. The fourth-order valence-corrected chi connectivity index (χ4v) is 2.60. The first-order chi connectivity index (χ1) is 11.1. The van der Waals surface area contributed by atoms with Gasteiger partial charge in [0.1, 0.15) is 6.33 Å². The summed E-state index contributed by atoms with van der Waals surface area (Å²) in [6, 6.07) is 7.33. The number of nitrogens with zero attached hydrogens (tertiary/aromatic N) is 7. The van der Waals surface area contributed by atoms with E-state index >= 15 is 0 Å². The van der Waals surface area contributed by atoms with Crippen LogP contribution >= 0.6 is 11.8 Å². The Morgan fingerprint density at radius 2 is 2.22 bits per heavy atom. The predicted octanol–water partition coefficient (Wildman–Crippen LogP) is 0.830. The van der Waals surface area contributed by atoms with Gasteiger partial charge in [0.05, 0.1) is 11.4 Å². The minimum Gasteiger partial charge on any atom is -0.325 e. The molecule has 0 aliphatic heterocycles. The number of tetrazole rings is 1. The summed E-state index contributed by atoms with van der Waals surface area (Å²) < 4.78 is 3.36. The normalized spacial score (nSPS) is 10.7. The van der Waals surface area contributed by atoms with Crippen LogP contribution in [0.15, 0.2) is 35.7 Å². The van der Waals surface area contributed by atoms with Crippen LogP contribution in [0, 0.1) is 6.92 Å². The highest BCUT2D eigenvalue weighted by Crippen LogP contribution is 2.17. The molecule has 0 spiro atoms. The fraction of sp³-hybridized carbons (Fsp3) is 0.231. The Bertz CT molecular complexity index is 827. The molecule has 3 rings (SSSR count). The molecular weight excluding hydrogens is 316 g/mol. The van der Waals surface area contributed by atoms with E-state index in [1.54, 1.807) is 15.6 Å². The van der Waals surface area contributed by atoms with E-state index in [4.69, 9.17) is 0 Å². The second kappa shape index (κ2) is 6.57. The number of anilines is 1. The van der Waals surface area contributed by atoms with E-state index in [1.807, 2.05) is 38.2 Å². The molecule has 0 unspecified atom stereocenters. The van der Waals surface area contributed by atoms with Crippen molar-refractivity contribution in [3.8, 4) is 5.69 Å². The molecule has 0 fully saturated rings. The van der Waals surface area contributed by atoms with Gasteiger partial charge in [-0.25, -0.2) is 0 Å². The molecule has 0 radical (unpaired) electrons. The molecule has 0 aliphatic rings. The molecule has 0 atom stereocenters. The summed E-state index contributed by atoms with van der Waals surface area (Å²) >= 11 is 1.33. The molecule has 0 aliphatic carbocycles. The van der Waals surface area contributed by atoms with Crippen LogP contribution < -0.4 is 5.32 Å². The van der Waals surface area contributed by atoms with Gasteiger partial charge >= 0.3 is 0 Å². The van der Waals surface area contributed by atoms with Crippen molar-refractivity contribution in [2.24, 2.45) is 7.05 Å². The van der Waals surface area contributed by atoms with Crippen LogP contribution in [0.4, 0.5) is 5.69 Å². The van der Waals surface area contributed by atoms with E-state index in [-0.39, 0.29) is 11.7 Å². The first-order valence-electron chi connectivity index (χ1n) is 6.75. The molecule has 23 heavy (non-hydrogen) atoms. The monoisotopic (exact) mass is 330 g/mol. The van der Waals surface area contributed by atoms with Gasteiger partial charge in [0.25, 0.3) is 0 Å². The number of carbonyl (C=O) groups excluding carboxylic acids is 1. The van der Waals surface area contributed by atoms with Crippen LogP contribution in [0.25, 0.3) is 5.69 Å². The summed E-state index contributed by atoms with van der Waals surface area (Å²) in [5, 5.41) is 22.6. The summed E-state index contributed by atoms with van der Waals surface area (Å²) in [5.41, 5.74) is 1.47. The highest BCUT2D eigenvalue weighted by atomic mass is 32.2. The number of hydrogen-bond donors (Lipinski definition) is 1. The molecule has 9 nitrogen and oxygen atoms in total. The number of rotatable bonds is 5. The molecule has 118 valence electrons.